The number of nitrogens with zero attached hydrogens (tertiary/aromatic N) is 3. The van der Waals surface area contributed by atoms with E-state index in [1.54, 1.807) is 13.3 Å². The standard InChI is InChI=1S/C28H28N4O2/c1-34-27-10-9-23(16-26(27)31-18-21-5-3-12-29-17-21)28(33)32-14-11-20(19-32)15-22-6-2-8-25-24(22)7-4-13-30-25/h2-10,12-13,16-17,20,31H,11,14-15,18-19H2,1H3. The number of hydrogen-bond acceptors (Lipinski definition) is 5. The number of fused-ring (bicyclic) bond motifs is 1. The van der Waals surface area contributed by atoms with Crippen molar-refractivity contribution in [2.75, 3.05) is 25.5 Å². The number of hydrogen-bond donors (Lipinski definition) is 1. The number of carbonyl (C=O) groups excluding carboxylic acids is 1. The summed E-state index contributed by atoms with van der Waals surface area (Å²) in [6.07, 6.45) is 7.36. The van der Waals surface area contributed by atoms with Crippen LogP contribution in [0.2, 0.25) is 0 Å². The van der Waals surface area contributed by atoms with Gasteiger partial charge < -0.3 is 15.0 Å². The van der Waals surface area contributed by atoms with Gasteiger partial charge in [-0.2, -0.15) is 0 Å². The Morgan fingerprint density at radius 1 is 1.12 bits per heavy atom. The van der Waals surface area contributed by atoms with E-state index in [0.29, 0.717) is 23.8 Å². The molecule has 1 fully saturated rings. The molecule has 0 spiro atoms. The highest BCUT2D eigenvalue weighted by atomic mass is 16.5. The van der Waals surface area contributed by atoms with E-state index < -0.39 is 0 Å². The lowest BCUT2D eigenvalue weighted by Gasteiger charge is -2.19. The Labute approximate surface area is 199 Å². The third-order valence-electron chi connectivity index (χ3n) is 6.47. The Balaban J connectivity index is 1.27. The summed E-state index contributed by atoms with van der Waals surface area (Å²) in [5, 5.41) is 4.59. The van der Waals surface area contributed by atoms with Crippen LogP contribution < -0.4 is 10.1 Å². The molecule has 0 bridgehead atoms. The lowest BCUT2D eigenvalue weighted by Crippen LogP contribution is -2.29. The summed E-state index contributed by atoms with van der Waals surface area (Å²) in [5.41, 5.74) is 4.86. The number of likely N-dealkylation sites (tertiary alicyclic amines) is 1. The summed E-state index contributed by atoms with van der Waals surface area (Å²) >= 11 is 0. The number of nitrogens with one attached hydrogen (secondary N) is 1. The topological polar surface area (TPSA) is 67.3 Å². The molecule has 2 aromatic carbocycles. The van der Waals surface area contributed by atoms with Crippen LogP contribution in [0.4, 0.5) is 5.69 Å². The van der Waals surface area contributed by atoms with Crippen LogP contribution in [0.15, 0.2) is 79.3 Å². The number of amides is 1. The van der Waals surface area contributed by atoms with Crippen LogP contribution in [-0.2, 0) is 13.0 Å². The minimum atomic E-state index is 0.0640. The molecular weight excluding hydrogens is 424 g/mol. The van der Waals surface area contributed by atoms with Gasteiger partial charge in [-0.25, -0.2) is 0 Å². The highest BCUT2D eigenvalue weighted by molar-refractivity contribution is 5.96. The molecule has 2 aromatic heterocycles. The first-order chi connectivity index (χ1) is 16.7. The van der Waals surface area contributed by atoms with Gasteiger partial charge in [-0.1, -0.05) is 24.3 Å². The van der Waals surface area contributed by atoms with Crippen molar-refractivity contribution in [1.82, 2.24) is 14.9 Å². The Hall–Kier alpha value is -3.93. The van der Waals surface area contributed by atoms with Crippen LogP contribution in [0, 0.1) is 5.92 Å². The Morgan fingerprint density at radius 3 is 2.88 bits per heavy atom. The molecule has 1 unspecified atom stereocenters. The fourth-order valence-electron chi connectivity index (χ4n) is 4.70. The largest absolute Gasteiger partial charge is 0.495 e. The number of benzene rings is 2. The molecule has 0 aliphatic carbocycles. The molecule has 6 heteroatoms. The van der Waals surface area contributed by atoms with E-state index in [0.717, 1.165) is 42.7 Å². The van der Waals surface area contributed by atoms with Crippen molar-refractivity contribution in [3.8, 4) is 5.75 Å². The Kier molecular flexibility index (Phi) is 6.38. The van der Waals surface area contributed by atoms with Crippen LogP contribution in [-0.4, -0.2) is 41.0 Å². The zero-order valence-corrected chi connectivity index (χ0v) is 19.3. The average Bonchev–Trinajstić information content (AvgIpc) is 3.36. The maximum atomic E-state index is 13.3. The molecule has 5 rings (SSSR count). The number of aromatic nitrogens is 2. The molecule has 0 saturated carbocycles. The molecular formula is C28H28N4O2. The predicted octanol–water partition coefficient (Wildman–Crippen LogP) is 4.96. The summed E-state index contributed by atoms with van der Waals surface area (Å²) < 4.78 is 5.50. The number of rotatable bonds is 7. The number of methoxy groups -OCH3 is 1. The van der Waals surface area contributed by atoms with E-state index in [9.17, 15) is 4.79 Å². The van der Waals surface area contributed by atoms with Gasteiger partial charge in [0.15, 0.2) is 0 Å². The van der Waals surface area contributed by atoms with Crippen LogP contribution in [0.25, 0.3) is 10.9 Å². The maximum absolute atomic E-state index is 13.3. The molecule has 4 aromatic rings. The van der Waals surface area contributed by atoms with Crippen molar-refractivity contribution >= 4 is 22.5 Å². The second-order valence-electron chi connectivity index (χ2n) is 8.73. The number of ether oxygens (including phenoxy) is 1. The number of pyridine rings is 2. The van der Waals surface area contributed by atoms with Crippen LogP contribution in [0.1, 0.15) is 27.9 Å². The third kappa shape index (κ3) is 4.71. The van der Waals surface area contributed by atoms with Crippen molar-refractivity contribution in [3.63, 3.8) is 0 Å². The molecule has 1 aliphatic rings. The van der Waals surface area contributed by atoms with Gasteiger partial charge in [0.05, 0.1) is 18.3 Å². The summed E-state index contributed by atoms with van der Waals surface area (Å²) in [6.45, 7) is 2.14. The minimum absolute atomic E-state index is 0.0640. The molecule has 1 N–H and O–H groups in total. The SMILES string of the molecule is COc1ccc(C(=O)N2CCC(Cc3cccc4ncccc34)C2)cc1NCc1cccnc1. The second-order valence-corrected chi connectivity index (χ2v) is 8.73. The summed E-state index contributed by atoms with van der Waals surface area (Å²) in [4.78, 5) is 23.9. The van der Waals surface area contributed by atoms with Crippen molar-refractivity contribution < 1.29 is 9.53 Å². The predicted molar refractivity (Wildman–Crippen MR) is 134 cm³/mol. The Bertz CT molecular complexity index is 1290. The molecule has 0 radical (unpaired) electrons. The molecule has 34 heavy (non-hydrogen) atoms. The number of anilines is 1. The van der Waals surface area contributed by atoms with Crippen LogP contribution >= 0.6 is 0 Å². The normalized spacial score (nSPS) is 15.4. The molecule has 172 valence electrons. The first-order valence-corrected chi connectivity index (χ1v) is 11.6. The molecule has 3 heterocycles. The highest BCUT2D eigenvalue weighted by Gasteiger charge is 2.28. The third-order valence-corrected chi connectivity index (χ3v) is 6.47. The molecule has 1 saturated heterocycles. The second kappa shape index (κ2) is 9.91. The van der Waals surface area contributed by atoms with E-state index in [2.05, 4.69) is 33.5 Å². The van der Waals surface area contributed by atoms with Gasteiger partial charge in [-0.3, -0.25) is 14.8 Å². The molecule has 1 aliphatic heterocycles. The Morgan fingerprint density at radius 2 is 2.03 bits per heavy atom. The minimum Gasteiger partial charge on any atom is -0.495 e. The van der Waals surface area contributed by atoms with Crippen LogP contribution in [0.3, 0.4) is 0 Å². The van der Waals surface area contributed by atoms with Crippen molar-refractivity contribution in [1.29, 1.82) is 0 Å². The first kappa shape index (κ1) is 21.9. The van der Waals surface area contributed by atoms with Crippen molar-refractivity contribution in [3.05, 3.63) is 95.9 Å². The van der Waals surface area contributed by atoms with Gasteiger partial charge >= 0.3 is 0 Å². The van der Waals surface area contributed by atoms with Gasteiger partial charge in [0.25, 0.3) is 5.91 Å². The maximum Gasteiger partial charge on any atom is 0.253 e. The van der Waals surface area contributed by atoms with Gasteiger partial charge in [-0.15, -0.1) is 0 Å². The van der Waals surface area contributed by atoms with Gasteiger partial charge in [0.2, 0.25) is 0 Å². The zero-order valence-electron chi connectivity index (χ0n) is 19.3. The summed E-state index contributed by atoms with van der Waals surface area (Å²) in [7, 11) is 1.64. The van der Waals surface area contributed by atoms with E-state index in [1.165, 1.54) is 10.9 Å². The average molecular weight is 453 g/mol. The first-order valence-electron chi connectivity index (χ1n) is 11.6. The fraction of sp³-hybridized carbons (Fsp3) is 0.250. The molecule has 1 atom stereocenters. The van der Waals surface area contributed by atoms with E-state index in [-0.39, 0.29) is 5.91 Å². The highest BCUT2D eigenvalue weighted by Crippen LogP contribution is 2.29. The van der Waals surface area contributed by atoms with E-state index in [4.69, 9.17) is 4.74 Å². The quantitative estimate of drug-likeness (QED) is 0.430. The zero-order chi connectivity index (χ0) is 23.3. The lowest BCUT2D eigenvalue weighted by molar-refractivity contribution is 0.0787. The summed E-state index contributed by atoms with van der Waals surface area (Å²) in [5.74, 6) is 1.22. The smallest absolute Gasteiger partial charge is 0.253 e. The van der Waals surface area contributed by atoms with Crippen molar-refractivity contribution in [2.24, 2.45) is 5.92 Å². The van der Waals surface area contributed by atoms with E-state index >= 15 is 0 Å². The van der Waals surface area contributed by atoms with Gasteiger partial charge in [0, 0.05) is 49.2 Å². The molecule has 6 nitrogen and oxygen atoms in total. The molecule has 1 amide bonds. The summed E-state index contributed by atoms with van der Waals surface area (Å²) in [6, 6.07) is 19.9. The van der Waals surface area contributed by atoms with Gasteiger partial charge in [-0.05, 0) is 66.3 Å². The van der Waals surface area contributed by atoms with Crippen LogP contribution in [0.5, 0.6) is 5.75 Å². The number of carbonyl (C=O) groups is 1. The van der Waals surface area contributed by atoms with Gasteiger partial charge in [0.1, 0.15) is 5.75 Å². The lowest BCUT2D eigenvalue weighted by atomic mass is 9.96. The van der Waals surface area contributed by atoms with E-state index in [1.807, 2.05) is 59.8 Å². The fourth-order valence-corrected chi connectivity index (χ4v) is 4.70. The van der Waals surface area contributed by atoms with Crippen molar-refractivity contribution in [2.45, 2.75) is 19.4 Å². The monoisotopic (exact) mass is 452 g/mol.